The quantitative estimate of drug-likeness (QED) is 0.106. The van der Waals surface area contributed by atoms with Crippen LogP contribution in [0.15, 0.2) is 30.3 Å². The Hall–Kier alpha value is -1.03. The summed E-state index contributed by atoms with van der Waals surface area (Å²) < 4.78 is 46.5. The Labute approximate surface area is 210 Å². The molecule has 0 aromatic heterocycles. The first-order valence-electron chi connectivity index (χ1n) is 12.8. The predicted molar refractivity (Wildman–Crippen MR) is 134 cm³/mol. The first-order chi connectivity index (χ1) is 16.8. The summed E-state index contributed by atoms with van der Waals surface area (Å²) in [6, 6.07) is 8.38. The van der Waals surface area contributed by atoms with Gasteiger partial charge in [-0.2, -0.15) is 0 Å². The molecule has 0 amide bonds. The van der Waals surface area contributed by atoms with E-state index in [9.17, 15) is 14.4 Å². The Balaban J connectivity index is 3.05. The van der Waals surface area contributed by atoms with Crippen molar-refractivity contribution in [2.75, 3.05) is 26.4 Å². The molecule has 1 atom stereocenters. The second-order valence-corrected chi connectivity index (χ2v) is 9.25. The van der Waals surface area contributed by atoms with Crippen LogP contribution in [0, 0.1) is 0 Å². The highest BCUT2D eigenvalue weighted by Gasteiger charge is 2.65. The fourth-order valence-electron chi connectivity index (χ4n) is 3.66. The second kappa shape index (κ2) is 17.4. The number of hydrogen-bond donors (Lipinski definition) is 2. The van der Waals surface area contributed by atoms with Gasteiger partial charge in [-0.3, -0.25) is 0 Å². The van der Waals surface area contributed by atoms with Gasteiger partial charge in [0.25, 0.3) is 0 Å². The van der Waals surface area contributed by atoms with Crippen LogP contribution in [-0.4, -0.2) is 48.2 Å². The number of unbranched alkanes of at least 4 members (excludes halogenated alkanes) is 8. The minimum absolute atomic E-state index is 0.0316. The van der Waals surface area contributed by atoms with Crippen molar-refractivity contribution in [3.8, 4) is 5.75 Å². The Morgan fingerprint density at radius 3 is 1.66 bits per heavy atom. The van der Waals surface area contributed by atoms with Gasteiger partial charge in [-0.05, 0) is 39.3 Å². The first-order valence-corrected chi connectivity index (χ1v) is 14.4. The average molecular weight is 521 g/mol. The molecule has 35 heavy (non-hydrogen) atoms. The summed E-state index contributed by atoms with van der Waals surface area (Å²) in [7, 11) is -5.15. The van der Waals surface area contributed by atoms with E-state index in [2.05, 4.69) is 6.92 Å². The molecule has 10 heteroatoms. The summed E-state index contributed by atoms with van der Waals surface area (Å²) in [6.07, 6.45) is 10.1. The molecule has 2 N–H and O–H groups in total. The Morgan fingerprint density at radius 2 is 1.17 bits per heavy atom. The summed E-state index contributed by atoms with van der Waals surface area (Å²) in [5.74, 6) is -4.50. The lowest BCUT2D eigenvalue weighted by Gasteiger charge is -2.45. The fourth-order valence-corrected chi connectivity index (χ4v) is 4.18. The molecule has 1 aromatic rings. The molecule has 1 unspecified atom stereocenters. The topological polar surface area (TPSA) is 113 Å². The summed E-state index contributed by atoms with van der Waals surface area (Å²) in [6.45, 7) is 7.56. The van der Waals surface area contributed by atoms with E-state index in [4.69, 9.17) is 28.2 Å². The smallest absolute Gasteiger partial charge is 0.433 e. The largest absolute Gasteiger partial charge is 0.475 e. The Kier molecular flexibility index (Phi) is 15.9. The van der Waals surface area contributed by atoms with Crippen LogP contribution in [0.4, 0.5) is 0 Å². The fraction of sp³-hybridized carbons (Fsp3) is 0.760. The number of hydrogen-bond acceptors (Lipinski definition) is 7. The molecule has 0 bridgehead atoms. The van der Waals surface area contributed by atoms with E-state index in [1.54, 1.807) is 51.1 Å². The van der Waals surface area contributed by atoms with E-state index in [-0.39, 0.29) is 32.2 Å². The molecule has 0 saturated carbocycles. The summed E-state index contributed by atoms with van der Waals surface area (Å²) in [4.78, 5) is 19.5. The Morgan fingerprint density at radius 1 is 0.686 bits per heavy atom. The summed E-state index contributed by atoms with van der Waals surface area (Å²) in [5, 5.41) is 0. The molecule has 0 radical (unpaired) electrons. The van der Waals surface area contributed by atoms with Gasteiger partial charge in [-0.1, -0.05) is 76.5 Å². The summed E-state index contributed by atoms with van der Waals surface area (Å²) >= 11 is 0. The molecule has 1 aromatic carbocycles. The molecular formula is C25H45O9P. The van der Waals surface area contributed by atoms with E-state index in [1.807, 2.05) is 0 Å². The summed E-state index contributed by atoms with van der Waals surface area (Å²) in [5.41, 5.74) is 0. The molecule has 9 nitrogen and oxygen atoms in total. The zero-order chi connectivity index (χ0) is 26.0. The monoisotopic (exact) mass is 520 g/mol. The van der Waals surface area contributed by atoms with Gasteiger partial charge >= 0.3 is 19.8 Å². The number of ether oxygens (including phenoxy) is 5. The molecule has 0 aliphatic heterocycles. The highest BCUT2D eigenvalue weighted by atomic mass is 31.2. The average Bonchev–Trinajstić information content (AvgIpc) is 2.80. The van der Waals surface area contributed by atoms with Crippen LogP contribution in [0.1, 0.15) is 85.5 Å². The van der Waals surface area contributed by atoms with Gasteiger partial charge in [-0.25, -0.2) is 9.09 Å². The number of benzene rings is 1. The number of rotatable bonds is 22. The van der Waals surface area contributed by atoms with Crippen LogP contribution in [0.5, 0.6) is 5.75 Å². The van der Waals surface area contributed by atoms with Gasteiger partial charge in [0.15, 0.2) is 0 Å². The molecule has 0 aliphatic carbocycles. The van der Waals surface area contributed by atoms with Gasteiger partial charge in [0.1, 0.15) is 5.75 Å². The molecule has 0 heterocycles. The molecule has 0 aliphatic rings. The van der Waals surface area contributed by atoms with Crippen LogP contribution in [0.25, 0.3) is 0 Å². The maximum absolute atomic E-state index is 12.1. The molecule has 0 spiro atoms. The van der Waals surface area contributed by atoms with Crippen LogP contribution in [-0.2, 0) is 28.0 Å². The van der Waals surface area contributed by atoms with Gasteiger partial charge in [0.2, 0.25) is 0 Å². The van der Waals surface area contributed by atoms with E-state index in [0.717, 1.165) is 19.3 Å². The van der Waals surface area contributed by atoms with Crippen molar-refractivity contribution in [1.82, 2.24) is 0 Å². The Bertz CT molecular complexity index is 691. The normalized spacial score (nSPS) is 14.1. The van der Waals surface area contributed by atoms with Crippen molar-refractivity contribution in [3.63, 3.8) is 0 Å². The van der Waals surface area contributed by atoms with Crippen molar-refractivity contribution >= 4 is 7.82 Å². The minimum Gasteiger partial charge on any atom is -0.433 e. The molecule has 0 saturated heterocycles. The van der Waals surface area contributed by atoms with Crippen LogP contribution >= 0.6 is 7.82 Å². The third-order valence-corrected chi connectivity index (χ3v) is 5.63. The lowest BCUT2D eigenvalue weighted by molar-refractivity contribution is -0.529. The number of phosphoric ester groups is 1. The second-order valence-electron chi connectivity index (χ2n) is 8.09. The van der Waals surface area contributed by atoms with Crippen molar-refractivity contribution in [2.24, 2.45) is 0 Å². The van der Waals surface area contributed by atoms with Gasteiger partial charge in [0, 0.05) is 13.2 Å². The number of para-hydroxylation sites is 1. The van der Waals surface area contributed by atoms with Crippen LogP contribution < -0.4 is 4.74 Å². The van der Waals surface area contributed by atoms with Crippen molar-refractivity contribution in [1.29, 1.82) is 0 Å². The lowest BCUT2D eigenvalue weighted by Crippen LogP contribution is -2.65. The zero-order valence-electron chi connectivity index (χ0n) is 21.8. The third-order valence-electron chi connectivity index (χ3n) is 5.15. The molecule has 1 rings (SSSR count). The van der Waals surface area contributed by atoms with Crippen LogP contribution in [0.3, 0.4) is 0 Å². The SMILES string of the molecule is CCCCCCCCCCCOC(OCC)(OCC)C(OCC)(Oc1ccccc1)OP(=O)(O)O. The van der Waals surface area contributed by atoms with E-state index in [1.165, 1.54) is 32.1 Å². The van der Waals surface area contributed by atoms with Crippen LogP contribution in [0.2, 0.25) is 0 Å². The van der Waals surface area contributed by atoms with E-state index in [0.29, 0.717) is 6.42 Å². The first kappa shape index (κ1) is 32.0. The van der Waals surface area contributed by atoms with Gasteiger partial charge in [-0.15, -0.1) is 0 Å². The maximum atomic E-state index is 12.1. The highest BCUT2D eigenvalue weighted by Crippen LogP contribution is 2.48. The minimum atomic E-state index is -5.15. The van der Waals surface area contributed by atoms with Crippen molar-refractivity contribution in [2.45, 2.75) is 97.4 Å². The lowest BCUT2D eigenvalue weighted by atomic mass is 10.1. The zero-order valence-corrected chi connectivity index (χ0v) is 22.7. The predicted octanol–water partition coefficient (Wildman–Crippen LogP) is 6.14. The third kappa shape index (κ3) is 11.7. The van der Waals surface area contributed by atoms with Crippen molar-refractivity contribution < 1.29 is 42.6 Å². The van der Waals surface area contributed by atoms with E-state index >= 15 is 0 Å². The highest BCUT2D eigenvalue weighted by molar-refractivity contribution is 7.46. The van der Waals surface area contributed by atoms with E-state index < -0.39 is 19.8 Å². The van der Waals surface area contributed by atoms with Gasteiger partial charge < -0.3 is 33.5 Å². The van der Waals surface area contributed by atoms with Gasteiger partial charge in [0.05, 0.1) is 13.2 Å². The molecule has 204 valence electrons. The number of phosphoric acid groups is 1. The van der Waals surface area contributed by atoms with Crippen molar-refractivity contribution in [3.05, 3.63) is 30.3 Å². The maximum Gasteiger partial charge on any atom is 0.475 e. The standard InChI is InChI=1S/C25H45O9P/c1-5-9-10-11-12-13-14-15-19-22-32-24(29-6-2,30-7-3)25(31-8-4,34-35(26,27)28)33-23-20-17-16-18-21-23/h16-18,20-21H,5-15,19,22H2,1-4H3,(H2,26,27,28). The molecule has 0 fully saturated rings. The molecular weight excluding hydrogens is 475 g/mol.